The van der Waals surface area contributed by atoms with Gasteiger partial charge in [0.05, 0.1) is 11.5 Å². The van der Waals surface area contributed by atoms with Crippen LogP contribution in [-0.2, 0) is 6.54 Å². The lowest BCUT2D eigenvalue weighted by molar-refractivity contribution is -0.386. The number of hydrogen-bond acceptors (Lipinski definition) is 4. The second kappa shape index (κ2) is 7.63. The fraction of sp³-hybridized carbons (Fsp3) is 0.0476. The second-order valence-electron chi connectivity index (χ2n) is 6.58. The van der Waals surface area contributed by atoms with Gasteiger partial charge in [0, 0.05) is 28.2 Å². The van der Waals surface area contributed by atoms with E-state index in [1.54, 1.807) is 30.5 Å². The quantitative estimate of drug-likeness (QED) is 0.391. The monoisotopic (exact) mass is 406 g/mol. The number of fused-ring (bicyclic) bond motifs is 1. The Morgan fingerprint density at radius 2 is 1.77 bits per heavy atom. The molecule has 30 heavy (non-hydrogen) atoms. The van der Waals surface area contributed by atoms with Crippen LogP contribution in [0.5, 0.6) is 0 Å². The van der Waals surface area contributed by atoms with Crippen molar-refractivity contribution in [2.24, 2.45) is 0 Å². The van der Waals surface area contributed by atoms with E-state index < -0.39 is 21.9 Å². The van der Waals surface area contributed by atoms with E-state index in [1.165, 1.54) is 12.1 Å². The fourth-order valence-corrected chi connectivity index (χ4v) is 3.32. The van der Waals surface area contributed by atoms with E-state index in [2.05, 4.69) is 4.98 Å². The van der Waals surface area contributed by atoms with E-state index in [1.807, 2.05) is 33.8 Å². The number of aromatic amines is 2. The van der Waals surface area contributed by atoms with Crippen LogP contribution in [0.1, 0.15) is 16.8 Å². The molecule has 0 aliphatic rings. The van der Waals surface area contributed by atoms with Gasteiger partial charge in [-0.2, -0.15) is 0 Å². The summed E-state index contributed by atoms with van der Waals surface area (Å²) in [5, 5.41) is 12.0. The molecule has 2 heterocycles. The van der Waals surface area contributed by atoms with Gasteiger partial charge in [0.2, 0.25) is 0 Å². The summed E-state index contributed by atoms with van der Waals surface area (Å²) in [6, 6.07) is 13.9. The Hall–Kier alpha value is -4.27. The molecule has 4 rings (SSSR count). The van der Waals surface area contributed by atoms with Gasteiger partial charge in [0.1, 0.15) is 11.5 Å². The number of para-hydroxylation sites is 1. The summed E-state index contributed by atoms with van der Waals surface area (Å²) < 4.78 is 16.0. The first-order valence-electron chi connectivity index (χ1n) is 8.94. The van der Waals surface area contributed by atoms with Crippen molar-refractivity contribution in [3.8, 4) is 0 Å². The first-order valence-corrected chi connectivity index (χ1v) is 8.94. The number of hydrogen-bond donors (Lipinski definition) is 2. The maximum Gasteiger partial charge on any atom is 0.357 e. The van der Waals surface area contributed by atoms with E-state index in [0.29, 0.717) is 17.7 Å². The molecule has 9 heteroatoms. The molecule has 0 unspecified atom stereocenters. The summed E-state index contributed by atoms with van der Waals surface area (Å²) in [5.74, 6) is -0.316. The third-order valence-electron chi connectivity index (χ3n) is 4.68. The lowest BCUT2D eigenvalue weighted by Gasteiger charge is -2.06. The normalized spacial score (nSPS) is 11.4. The highest BCUT2D eigenvalue weighted by Crippen LogP contribution is 2.25. The van der Waals surface area contributed by atoms with Gasteiger partial charge >= 0.3 is 16.9 Å². The highest BCUT2D eigenvalue weighted by Gasteiger charge is 2.19. The van der Waals surface area contributed by atoms with Crippen molar-refractivity contribution in [3.05, 3.63) is 108 Å². The Morgan fingerprint density at radius 3 is 2.53 bits per heavy atom. The Morgan fingerprint density at radius 1 is 1.03 bits per heavy atom. The summed E-state index contributed by atoms with van der Waals surface area (Å²) in [7, 11) is 0. The molecule has 150 valence electrons. The molecule has 0 amide bonds. The standard InChI is InChI=1S/C21H15FN4O4/c22-16-7-3-1-5-14(16)12-25-11-13(15-6-2-4-8-18(15)25)9-10-17-19(26(29)30)20(27)24-21(28)23-17/h1-11H,12H2,(H2,23,24,27,28)/b10-9+. The topological polar surface area (TPSA) is 114 Å². The van der Waals surface area contributed by atoms with E-state index in [-0.39, 0.29) is 11.5 Å². The third kappa shape index (κ3) is 3.55. The highest BCUT2D eigenvalue weighted by atomic mass is 19.1. The van der Waals surface area contributed by atoms with Crippen LogP contribution in [0.25, 0.3) is 23.1 Å². The largest absolute Gasteiger partial charge is 0.357 e. The first-order chi connectivity index (χ1) is 14.4. The van der Waals surface area contributed by atoms with E-state index >= 15 is 0 Å². The van der Waals surface area contributed by atoms with Gasteiger partial charge in [-0.3, -0.25) is 19.9 Å². The van der Waals surface area contributed by atoms with Crippen LogP contribution in [-0.4, -0.2) is 19.5 Å². The smallest absolute Gasteiger partial charge is 0.342 e. The maximum absolute atomic E-state index is 14.1. The first kappa shape index (κ1) is 19.1. The van der Waals surface area contributed by atoms with Gasteiger partial charge in [-0.25, -0.2) is 9.18 Å². The Labute approximate surface area is 168 Å². The molecule has 0 aliphatic carbocycles. The number of H-pyrrole nitrogens is 2. The molecular weight excluding hydrogens is 391 g/mol. The van der Waals surface area contributed by atoms with Crippen LogP contribution in [0.4, 0.5) is 10.1 Å². The van der Waals surface area contributed by atoms with Crippen molar-refractivity contribution in [1.82, 2.24) is 14.5 Å². The lowest BCUT2D eigenvalue weighted by atomic mass is 10.1. The fourth-order valence-electron chi connectivity index (χ4n) is 3.32. The summed E-state index contributed by atoms with van der Waals surface area (Å²) in [6.45, 7) is 0.295. The minimum Gasteiger partial charge on any atom is -0.342 e. The van der Waals surface area contributed by atoms with Gasteiger partial charge in [0.15, 0.2) is 0 Å². The molecular formula is C21H15FN4O4. The van der Waals surface area contributed by atoms with Crippen molar-refractivity contribution < 1.29 is 9.31 Å². The van der Waals surface area contributed by atoms with Crippen molar-refractivity contribution in [2.75, 3.05) is 0 Å². The number of nitrogens with zero attached hydrogens (tertiary/aromatic N) is 2. The number of nitrogens with one attached hydrogen (secondary N) is 2. The van der Waals surface area contributed by atoms with Crippen LogP contribution in [0.2, 0.25) is 0 Å². The molecule has 2 aromatic heterocycles. The molecule has 4 aromatic rings. The molecule has 2 N–H and O–H groups in total. The molecule has 0 saturated carbocycles. The summed E-state index contributed by atoms with van der Waals surface area (Å²) in [5.41, 5.74) is -0.826. The van der Waals surface area contributed by atoms with Gasteiger partial charge < -0.3 is 9.55 Å². The van der Waals surface area contributed by atoms with Crippen LogP contribution < -0.4 is 11.2 Å². The molecule has 0 atom stereocenters. The van der Waals surface area contributed by atoms with E-state index in [9.17, 15) is 24.1 Å². The van der Waals surface area contributed by atoms with Crippen LogP contribution in [0.3, 0.4) is 0 Å². The minimum absolute atomic E-state index is 0.209. The average molecular weight is 406 g/mol. The van der Waals surface area contributed by atoms with Gasteiger partial charge in [0.25, 0.3) is 0 Å². The Balaban J connectivity index is 1.80. The Bertz CT molecular complexity index is 1410. The third-order valence-corrected chi connectivity index (χ3v) is 4.68. The van der Waals surface area contributed by atoms with Crippen LogP contribution in [0, 0.1) is 15.9 Å². The Kier molecular flexibility index (Phi) is 4.85. The average Bonchev–Trinajstić information content (AvgIpc) is 3.05. The molecule has 0 fully saturated rings. The van der Waals surface area contributed by atoms with Gasteiger partial charge in [-0.05, 0) is 18.2 Å². The molecule has 0 radical (unpaired) electrons. The van der Waals surface area contributed by atoms with Crippen LogP contribution >= 0.6 is 0 Å². The minimum atomic E-state index is -1.08. The van der Waals surface area contributed by atoms with Crippen LogP contribution in [0.15, 0.2) is 64.3 Å². The number of rotatable bonds is 5. The van der Waals surface area contributed by atoms with Crippen molar-refractivity contribution in [1.29, 1.82) is 0 Å². The zero-order valence-corrected chi connectivity index (χ0v) is 15.5. The zero-order valence-electron chi connectivity index (χ0n) is 15.5. The molecule has 0 spiro atoms. The summed E-state index contributed by atoms with van der Waals surface area (Å²) in [4.78, 5) is 37.8. The van der Waals surface area contributed by atoms with Gasteiger partial charge in [-0.15, -0.1) is 0 Å². The van der Waals surface area contributed by atoms with Crippen molar-refractivity contribution in [2.45, 2.75) is 6.54 Å². The zero-order chi connectivity index (χ0) is 21.3. The van der Waals surface area contributed by atoms with E-state index in [4.69, 9.17) is 0 Å². The summed E-state index contributed by atoms with van der Waals surface area (Å²) in [6.07, 6.45) is 4.66. The van der Waals surface area contributed by atoms with E-state index in [0.717, 1.165) is 10.9 Å². The molecule has 8 nitrogen and oxygen atoms in total. The predicted octanol–water partition coefficient (Wildman–Crippen LogP) is 3.28. The molecule has 2 aromatic carbocycles. The highest BCUT2D eigenvalue weighted by molar-refractivity contribution is 5.92. The van der Waals surface area contributed by atoms with Gasteiger partial charge in [-0.1, -0.05) is 42.5 Å². The number of halogens is 1. The molecule has 0 saturated heterocycles. The number of nitro groups is 1. The summed E-state index contributed by atoms with van der Waals surface area (Å²) >= 11 is 0. The lowest BCUT2D eigenvalue weighted by Crippen LogP contribution is -2.25. The molecule has 0 bridgehead atoms. The van der Waals surface area contributed by atoms with Crippen molar-refractivity contribution in [3.63, 3.8) is 0 Å². The predicted molar refractivity (Wildman–Crippen MR) is 111 cm³/mol. The van der Waals surface area contributed by atoms with Crippen molar-refractivity contribution >= 4 is 28.7 Å². The number of benzene rings is 2. The second-order valence-corrected chi connectivity index (χ2v) is 6.58. The SMILES string of the molecule is O=c1[nH]c(/C=C/c2cn(Cc3ccccc3F)c3ccccc23)c([N+](=O)[O-])c(=O)[nH]1. The molecule has 0 aliphatic heterocycles. The number of aromatic nitrogens is 3. The maximum atomic E-state index is 14.1.